The first kappa shape index (κ1) is 16.2. The van der Waals surface area contributed by atoms with Crippen molar-refractivity contribution in [1.82, 2.24) is 10.2 Å². The minimum absolute atomic E-state index is 0.0589. The van der Waals surface area contributed by atoms with Crippen molar-refractivity contribution in [3.63, 3.8) is 0 Å². The van der Waals surface area contributed by atoms with Crippen molar-refractivity contribution in [1.29, 1.82) is 0 Å². The van der Waals surface area contributed by atoms with Crippen molar-refractivity contribution in [3.05, 3.63) is 28.8 Å². The molecule has 2 aromatic rings. The van der Waals surface area contributed by atoms with Crippen LogP contribution in [0.4, 0.5) is 5.82 Å². The van der Waals surface area contributed by atoms with E-state index in [0.29, 0.717) is 16.6 Å². The standard InChI is InChI=1S/C14H18N4O3S2/c15-23(20,21)14-6-5-10(22-14)7-13(19)16-12-8-11(17-18-12)9-3-1-2-4-9/h5-6,8-9H,1-4,7H2,(H2,15,20,21)(H2,16,17,18,19). The molecule has 1 aliphatic rings. The lowest BCUT2D eigenvalue weighted by Crippen LogP contribution is -2.14. The van der Waals surface area contributed by atoms with Crippen molar-refractivity contribution in [2.24, 2.45) is 5.14 Å². The number of carbonyl (C=O) groups excluding carboxylic acids is 1. The first-order valence-electron chi connectivity index (χ1n) is 7.38. The minimum atomic E-state index is -3.71. The second-order valence-electron chi connectivity index (χ2n) is 5.68. The van der Waals surface area contributed by atoms with Crippen LogP contribution in [-0.2, 0) is 21.2 Å². The molecule has 124 valence electrons. The average molecular weight is 354 g/mol. The van der Waals surface area contributed by atoms with Gasteiger partial charge in [-0.15, -0.1) is 11.3 Å². The van der Waals surface area contributed by atoms with Gasteiger partial charge in [0.15, 0.2) is 5.82 Å². The minimum Gasteiger partial charge on any atom is -0.309 e. The molecule has 1 amide bonds. The fraction of sp³-hybridized carbons (Fsp3) is 0.429. The topological polar surface area (TPSA) is 118 Å². The Balaban J connectivity index is 1.60. The molecular formula is C14H18N4O3S2. The molecule has 1 saturated carbocycles. The second kappa shape index (κ2) is 6.42. The van der Waals surface area contributed by atoms with Crippen LogP contribution in [0.3, 0.4) is 0 Å². The van der Waals surface area contributed by atoms with Crippen LogP contribution in [0.25, 0.3) is 0 Å². The highest BCUT2D eigenvalue weighted by molar-refractivity contribution is 7.91. The molecule has 4 N–H and O–H groups in total. The van der Waals surface area contributed by atoms with Gasteiger partial charge in [-0.2, -0.15) is 5.10 Å². The van der Waals surface area contributed by atoms with E-state index < -0.39 is 10.0 Å². The summed E-state index contributed by atoms with van der Waals surface area (Å²) < 4.78 is 22.5. The van der Waals surface area contributed by atoms with E-state index in [0.717, 1.165) is 29.9 Å². The SMILES string of the molecule is NS(=O)(=O)c1ccc(CC(=O)Nc2cc(C3CCCC3)[nH]n2)s1. The van der Waals surface area contributed by atoms with Crippen LogP contribution >= 0.6 is 11.3 Å². The summed E-state index contributed by atoms with van der Waals surface area (Å²) in [5, 5.41) is 14.9. The van der Waals surface area contributed by atoms with Crippen LogP contribution in [0.1, 0.15) is 42.2 Å². The molecule has 7 nitrogen and oxygen atoms in total. The molecule has 0 spiro atoms. The van der Waals surface area contributed by atoms with E-state index >= 15 is 0 Å². The van der Waals surface area contributed by atoms with E-state index in [4.69, 9.17) is 5.14 Å². The molecule has 0 saturated heterocycles. The van der Waals surface area contributed by atoms with Gasteiger partial charge >= 0.3 is 0 Å². The third-order valence-corrected chi connectivity index (χ3v) is 6.44. The quantitative estimate of drug-likeness (QED) is 0.760. The zero-order valence-corrected chi connectivity index (χ0v) is 14.0. The number of aromatic nitrogens is 2. The largest absolute Gasteiger partial charge is 0.309 e. The normalized spacial score (nSPS) is 15.9. The molecular weight excluding hydrogens is 336 g/mol. The van der Waals surface area contributed by atoms with Gasteiger partial charge in [0, 0.05) is 22.6 Å². The first-order valence-corrected chi connectivity index (χ1v) is 9.75. The maximum atomic E-state index is 12.0. The maximum absolute atomic E-state index is 12.0. The lowest BCUT2D eigenvalue weighted by atomic mass is 10.0. The van der Waals surface area contributed by atoms with E-state index in [1.54, 1.807) is 6.07 Å². The summed E-state index contributed by atoms with van der Waals surface area (Å²) >= 11 is 1.00. The van der Waals surface area contributed by atoms with Crippen LogP contribution in [0, 0.1) is 0 Å². The van der Waals surface area contributed by atoms with E-state index in [9.17, 15) is 13.2 Å². The second-order valence-corrected chi connectivity index (χ2v) is 8.64. The Kier molecular flexibility index (Phi) is 4.51. The number of anilines is 1. The highest BCUT2D eigenvalue weighted by Crippen LogP contribution is 2.33. The number of nitrogens with two attached hydrogens (primary N) is 1. The number of amides is 1. The fourth-order valence-electron chi connectivity index (χ4n) is 2.80. The van der Waals surface area contributed by atoms with Gasteiger partial charge in [-0.25, -0.2) is 13.6 Å². The summed E-state index contributed by atoms with van der Waals surface area (Å²) in [5.41, 5.74) is 1.06. The molecule has 2 heterocycles. The van der Waals surface area contributed by atoms with Gasteiger partial charge < -0.3 is 5.32 Å². The van der Waals surface area contributed by atoms with E-state index in [1.807, 2.05) is 6.07 Å². The molecule has 2 aromatic heterocycles. The Hall–Kier alpha value is -1.71. The summed E-state index contributed by atoms with van der Waals surface area (Å²) in [5.74, 6) is 0.764. The average Bonchev–Trinajstić information content (AvgIpc) is 3.17. The van der Waals surface area contributed by atoms with E-state index in [1.165, 1.54) is 18.9 Å². The Morgan fingerprint density at radius 3 is 2.78 bits per heavy atom. The highest BCUT2D eigenvalue weighted by atomic mass is 32.2. The van der Waals surface area contributed by atoms with Crippen LogP contribution < -0.4 is 10.5 Å². The van der Waals surface area contributed by atoms with Gasteiger partial charge in [0.25, 0.3) is 0 Å². The Morgan fingerprint density at radius 2 is 2.13 bits per heavy atom. The zero-order chi connectivity index (χ0) is 16.4. The first-order chi connectivity index (χ1) is 10.9. The molecule has 0 atom stereocenters. The molecule has 9 heteroatoms. The summed E-state index contributed by atoms with van der Waals surface area (Å²) in [7, 11) is -3.71. The summed E-state index contributed by atoms with van der Waals surface area (Å²) in [6.45, 7) is 0. The van der Waals surface area contributed by atoms with Crippen molar-refractivity contribution < 1.29 is 13.2 Å². The Morgan fingerprint density at radius 1 is 1.39 bits per heavy atom. The molecule has 0 bridgehead atoms. The van der Waals surface area contributed by atoms with E-state index in [-0.39, 0.29) is 16.5 Å². The van der Waals surface area contributed by atoms with Crippen molar-refractivity contribution in [2.45, 2.75) is 42.2 Å². The lowest BCUT2D eigenvalue weighted by Gasteiger charge is -2.03. The molecule has 23 heavy (non-hydrogen) atoms. The smallest absolute Gasteiger partial charge is 0.247 e. The molecule has 1 aliphatic carbocycles. The van der Waals surface area contributed by atoms with Crippen LogP contribution in [-0.4, -0.2) is 24.5 Å². The molecule has 0 unspecified atom stereocenters. The summed E-state index contributed by atoms with van der Waals surface area (Å²) in [4.78, 5) is 12.7. The monoisotopic (exact) mass is 354 g/mol. The highest BCUT2D eigenvalue weighted by Gasteiger charge is 2.20. The van der Waals surface area contributed by atoms with Crippen LogP contribution in [0.2, 0.25) is 0 Å². The van der Waals surface area contributed by atoms with Gasteiger partial charge in [-0.05, 0) is 25.0 Å². The van der Waals surface area contributed by atoms with Gasteiger partial charge in [0.05, 0.1) is 6.42 Å². The number of hydrogen-bond acceptors (Lipinski definition) is 5. The number of rotatable bonds is 5. The van der Waals surface area contributed by atoms with Crippen molar-refractivity contribution >= 4 is 33.1 Å². The van der Waals surface area contributed by atoms with Crippen molar-refractivity contribution in [3.8, 4) is 0 Å². The predicted molar refractivity (Wildman–Crippen MR) is 87.8 cm³/mol. The third kappa shape index (κ3) is 3.98. The van der Waals surface area contributed by atoms with Crippen molar-refractivity contribution in [2.75, 3.05) is 5.32 Å². The van der Waals surface area contributed by atoms with Gasteiger partial charge in [-0.3, -0.25) is 9.89 Å². The number of hydrogen-bond donors (Lipinski definition) is 3. The van der Waals surface area contributed by atoms with Crippen LogP contribution in [0.5, 0.6) is 0 Å². The Bertz CT molecular complexity index is 804. The predicted octanol–water partition coefficient (Wildman–Crippen LogP) is 1.96. The molecule has 0 aliphatic heterocycles. The number of sulfonamides is 1. The molecule has 0 aromatic carbocycles. The number of primary sulfonamides is 1. The number of aromatic amines is 1. The number of nitrogens with one attached hydrogen (secondary N) is 2. The van der Waals surface area contributed by atoms with Gasteiger partial charge in [-0.1, -0.05) is 12.8 Å². The zero-order valence-electron chi connectivity index (χ0n) is 12.4. The fourth-order valence-corrected chi connectivity index (χ4v) is 4.58. The lowest BCUT2D eigenvalue weighted by molar-refractivity contribution is -0.115. The maximum Gasteiger partial charge on any atom is 0.247 e. The number of H-pyrrole nitrogens is 1. The van der Waals surface area contributed by atoms with Crippen LogP contribution in [0.15, 0.2) is 22.4 Å². The molecule has 0 radical (unpaired) electrons. The summed E-state index contributed by atoms with van der Waals surface area (Å²) in [6.07, 6.45) is 4.86. The summed E-state index contributed by atoms with van der Waals surface area (Å²) in [6, 6.07) is 4.88. The number of nitrogens with zero attached hydrogens (tertiary/aromatic N) is 1. The third-order valence-electron chi connectivity index (χ3n) is 3.91. The molecule has 3 rings (SSSR count). The van der Waals surface area contributed by atoms with E-state index in [2.05, 4.69) is 15.5 Å². The van der Waals surface area contributed by atoms with Gasteiger partial charge in [0.2, 0.25) is 15.9 Å². The molecule has 1 fully saturated rings. The number of carbonyl (C=O) groups is 1. The Labute approximate surface area is 138 Å². The number of thiophene rings is 1. The van der Waals surface area contributed by atoms with Gasteiger partial charge in [0.1, 0.15) is 4.21 Å².